The molecule has 79 heavy (non-hydrogen) atoms. The van der Waals surface area contributed by atoms with Gasteiger partial charge in [0.05, 0.1) is 11.4 Å². The van der Waals surface area contributed by atoms with Gasteiger partial charge < -0.3 is 14.7 Å². The molecular formula is C75H84BN3. The molecule has 0 saturated heterocycles. The van der Waals surface area contributed by atoms with Crippen LogP contribution in [0.2, 0.25) is 0 Å². The Morgan fingerprint density at radius 2 is 0.899 bits per heavy atom. The van der Waals surface area contributed by atoms with Gasteiger partial charge in [0.1, 0.15) is 0 Å². The normalized spacial score (nSPS) is 17.4. The fourth-order valence-corrected chi connectivity index (χ4v) is 14.5. The predicted octanol–water partition coefficient (Wildman–Crippen LogP) is 19.1. The van der Waals surface area contributed by atoms with E-state index in [1.165, 1.54) is 101 Å². The lowest BCUT2D eigenvalue weighted by molar-refractivity contribution is 0.332. The van der Waals surface area contributed by atoms with Crippen LogP contribution in [-0.2, 0) is 37.9 Å². The molecule has 12 rings (SSSR count). The maximum Gasteiger partial charge on any atom is 0.252 e. The van der Waals surface area contributed by atoms with Crippen molar-refractivity contribution in [1.82, 2.24) is 0 Å². The van der Waals surface area contributed by atoms with Crippen LogP contribution in [0.5, 0.6) is 0 Å². The Hall–Kier alpha value is -6.78. The minimum absolute atomic E-state index is 0.00107. The van der Waals surface area contributed by atoms with Crippen LogP contribution in [0.15, 0.2) is 164 Å². The number of anilines is 9. The van der Waals surface area contributed by atoms with E-state index in [0.717, 1.165) is 36.3 Å². The zero-order chi connectivity index (χ0) is 56.1. The third-order valence-electron chi connectivity index (χ3n) is 18.9. The lowest BCUT2D eigenvalue weighted by Crippen LogP contribution is -2.62. The molecule has 402 valence electrons. The third-order valence-corrected chi connectivity index (χ3v) is 18.9. The van der Waals surface area contributed by atoms with Gasteiger partial charge in [0.15, 0.2) is 0 Å². The molecule has 0 aromatic heterocycles. The zero-order valence-electron chi connectivity index (χ0n) is 50.6. The van der Waals surface area contributed by atoms with Crippen LogP contribution in [0.1, 0.15) is 176 Å². The Morgan fingerprint density at radius 3 is 1.51 bits per heavy atom. The molecule has 2 heterocycles. The van der Waals surface area contributed by atoms with Gasteiger partial charge in [-0.3, -0.25) is 0 Å². The summed E-state index contributed by atoms with van der Waals surface area (Å²) < 4.78 is 0. The average Bonchev–Trinajstić information content (AvgIpc) is 3.03. The molecule has 0 N–H and O–H groups in total. The summed E-state index contributed by atoms with van der Waals surface area (Å²) in [7, 11) is 0. The van der Waals surface area contributed by atoms with Crippen molar-refractivity contribution < 1.29 is 0 Å². The minimum Gasteiger partial charge on any atom is -0.311 e. The topological polar surface area (TPSA) is 9.72 Å². The summed E-state index contributed by atoms with van der Waals surface area (Å²) in [4.78, 5) is 7.87. The molecule has 0 bridgehead atoms. The van der Waals surface area contributed by atoms with Gasteiger partial charge in [-0.1, -0.05) is 209 Å². The zero-order valence-corrected chi connectivity index (χ0v) is 50.6. The van der Waals surface area contributed by atoms with Gasteiger partial charge in [-0.2, -0.15) is 0 Å². The molecule has 2 aliphatic heterocycles. The molecule has 0 saturated carbocycles. The molecule has 2 aliphatic carbocycles. The molecule has 8 aromatic rings. The van der Waals surface area contributed by atoms with Crippen molar-refractivity contribution in [3.63, 3.8) is 0 Å². The number of hydrogen-bond donors (Lipinski definition) is 0. The van der Waals surface area contributed by atoms with E-state index in [1.54, 1.807) is 0 Å². The lowest BCUT2D eigenvalue weighted by Gasteiger charge is -2.48. The molecule has 4 heteroatoms. The average molecular weight is 1040 g/mol. The fraction of sp³-hybridized carbons (Fsp3) is 0.360. The molecule has 0 spiro atoms. The summed E-state index contributed by atoms with van der Waals surface area (Å²) in [6, 6.07) is 64.3. The number of nitrogens with zero attached hydrogens (tertiary/aromatic N) is 3. The van der Waals surface area contributed by atoms with Gasteiger partial charge in [-0.15, -0.1) is 0 Å². The van der Waals surface area contributed by atoms with Crippen molar-refractivity contribution >= 4 is 74.3 Å². The maximum absolute atomic E-state index is 2.74. The Bertz CT molecular complexity index is 3680. The summed E-state index contributed by atoms with van der Waals surface area (Å²) in [5, 5.41) is 0. The first-order valence-electron chi connectivity index (χ1n) is 29.5. The Labute approximate surface area is 475 Å². The highest BCUT2D eigenvalue weighted by Gasteiger charge is 2.48. The Morgan fingerprint density at radius 1 is 0.380 bits per heavy atom. The van der Waals surface area contributed by atoms with Gasteiger partial charge in [0.25, 0.3) is 6.71 Å². The highest BCUT2D eigenvalue weighted by atomic mass is 15.2. The molecule has 4 aliphatic rings. The molecule has 0 radical (unpaired) electrons. The number of benzene rings is 8. The van der Waals surface area contributed by atoms with Crippen molar-refractivity contribution in [3.05, 3.63) is 203 Å². The predicted molar refractivity (Wildman–Crippen MR) is 343 cm³/mol. The van der Waals surface area contributed by atoms with Crippen LogP contribution in [0.3, 0.4) is 0 Å². The second kappa shape index (κ2) is 17.9. The number of para-hydroxylation sites is 2. The molecule has 3 nitrogen and oxygen atoms in total. The van der Waals surface area contributed by atoms with Crippen LogP contribution >= 0.6 is 0 Å². The van der Waals surface area contributed by atoms with Gasteiger partial charge in [0.2, 0.25) is 0 Å². The van der Waals surface area contributed by atoms with Crippen LogP contribution < -0.4 is 31.1 Å². The standard InChI is InChI=1S/C75H84BN3/c1-69(2,3)49-25-24-30-54(40-49)78-64-42-51(71(7,8)9)32-35-61(64)76-62-45-59-60(73(12,13)38-37-72(59,10)11)46-65(62)79(67-44-55(43-66(78)68(67)76)77(52-26-20-18-21-27-52)53-28-22-19-23-29-53)63-36-33-50(70(4,5)6)41-56(63)48-31-34-57-58(39-48)75(16,17)47-74(57,14)15/h18-36,39-46H,37-38,47H2,1-17H3. The summed E-state index contributed by atoms with van der Waals surface area (Å²) in [6.07, 6.45) is 3.41. The molecular weight excluding hydrogens is 954 g/mol. The smallest absolute Gasteiger partial charge is 0.252 e. The molecule has 0 atom stereocenters. The molecule has 0 fully saturated rings. The van der Waals surface area contributed by atoms with Crippen LogP contribution in [0.25, 0.3) is 11.1 Å². The van der Waals surface area contributed by atoms with Gasteiger partial charge in [0, 0.05) is 45.4 Å². The fourth-order valence-electron chi connectivity index (χ4n) is 14.5. The SMILES string of the molecule is CC(C)(C)c1cccc(N2c3cc(C(C)(C)C)ccc3B3c4cc5c(cc4N(c4ccc(C(C)(C)C)cc4-c4ccc6c(c4)C(C)(C)CC6(C)C)c4cc(N(c6ccccc6)c6ccccc6)cc2c43)C(C)(C)CCC5(C)C)c1. The molecule has 8 aromatic carbocycles. The third kappa shape index (κ3) is 8.77. The van der Waals surface area contributed by atoms with E-state index < -0.39 is 0 Å². The summed E-state index contributed by atoms with van der Waals surface area (Å²) in [5.74, 6) is 0. The number of hydrogen-bond acceptors (Lipinski definition) is 3. The quantitative estimate of drug-likeness (QED) is 0.154. The van der Waals surface area contributed by atoms with Crippen LogP contribution in [0, 0.1) is 0 Å². The van der Waals surface area contributed by atoms with Crippen molar-refractivity contribution in [2.24, 2.45) is 0 Å². The minimum atomic E-state index is -0.0766. The largest absolute Gasteiger partial charge is 0.311 e. The van der Waals surface area contributed by atoms with E-state index in [-0.39, 0.29) is 44.6 Å². The first-order valence-corrected chi connectivity index (χ1v) is 29.5. The van der Waals surface area contributed by atoms with E-state index in [1.807, 2.05) is 0 Å². The van der Waals surface area contributed by atoms with Crippen molar-refractivity contribution in [1.29, 1.82) is 0 Å². The summed E-state index contributed by atoms with van der Waals surface area (Å²) in [5.41, 5.74) is 27.1. The monoisotopic (exact) mass is 1040 g/mol. The molecule has 0 amide bonds. The Balaban J connectivity index is 1.27. The van der Waals surface area contributed by atoms with Gasteiger partial charge in [-0.25, -0.2) is 0 Å². The van der Waals surface area contributed by atoms with Crippen LogP contribution in [0.4, 0.5) is 51.2 Å². The van der Waals surface area contributed by atoms with Gasteiger partial charge >= 0.3 is 0 Å². The van der Waals surface area contributed by atoms with Gasteiger partial charge in [-0.05, 0) is 191 Å². The summed E-state index contributed by atoms with van der Waals surface area (Å²) >= 11 is 0. The molecule has 0 unspecified atom stereocenters. The Kier molecular flexibility index (Phi) is 12.0. The van der Waals surface area contributed by atoms with E-state index in [9.17, 15) is 0 Å². The van der Waals surface area contributed by atoms with Crippen molar-refractivity contribution in [3.8, 4) is 11.1 Å². The van der Waals surface area contributed by atoms with E-state index >= 15 is 0 Å². The summed E-state index contributed by atoms with van der Waals surface area (Å²) in [6.45, 7) is 40.9. The first-order chi connectivity index (χ1) is 37.0. The number of fused-ring (bicyclic) bond motifs is 6. The van der Waals surface area contributed by atoms with E-state index in [0.29, 0.717) is 0 Å². The van der Waals surface area contributed by atoms with Crippen molar-refractivity contribution in [2.45, 2.75) is 175 Å². The van der Waals surface area contributed by atoms with E-state index in [2.05, 4.69) is 296 Å². The van der Waals surface area contributed by atoms with E-state index in [4.69, 9.17) is 0 Å². The highest BCUT2D eigenvalue weighted by molar-refractivity contribution is 7.00. The number of rotatable bonds is 6. The van der Waals surface area contributed by atoms with Crippen LogP contribution in [-0.4, -0.2) is 6.71 Å². The highest BCUT2D eigenvalue weighted by Crippen LogP contribution is 2.55. The lowest BCUT2D eigenvalue weighted by atomic mass is 9.33. The second-order valence-corrected chi connectivity index (χ2v) is 29.7. The van der Waals surface area contributed by atoms with Crippen molar-refractivity contribution in [2.75, 3.05) is 14.7 Å². The first kappa shape index (κ1) is 52.9. The maximum atomic E-state index is 2.74. The second-order valence-electron chi connectivity index (χ2n) is 29.7.